The lowest BCUT2D eigenvalue weighted by atomic mass is 10.2. The summed E-state index contributed by atoms with van der Waals surface area (Å²) in [6.45, 7) is 9.11. The Morgan fingerprint density at radius 1 is 0.892 bits per heavy atom. The van der Waals surface area contributed by atoms with Gasteiger partial charge in [0.1, 0.15) is 5.65 Å². The second-order valence-electron chi connectivity index (χ2n) is 10.4. The third kappa shape index (κ3) is 5.40. The van der Waals surface area contributed by atoms with Crippen molar-refractivity contribution in [2.45, 2.75) is 25.5 Å². The number of fused-ring (bicyclic) bond motifs is 1. The van der Waals surface area contributed by atoms with E-state index in [4.69, 9.17) is 4.98 Å². The summed E-state index contributed by atoms with van der Waals surface area (Å²) in [5, 5.41) is 4.23. The number of sulfonamides is 1. The third-order valence-corrected chi connectivity index (χ3v) is 8.70. The van der Waals surface area contributed by atoms with E-state index in [1.54, 1.807) is 39.1 Å². The van der Waals surface area contributed by atoms with Crippen molar-refractivity contribution in [1.29, 1.82) is 0 Å². The zero-order chi connectivity index (χ0) is 26.2. The lowest BCUT2D eigenvalue weighted by Gasteiger charge is -2.34. The molecule has 0 atom stereocenters. The smallest absolute Gasteiger partial charge is 0.237 e. The van der Waals surface area contributed by atoms with Gasteiger partial charge in [-0.3, -0.25) is 4.72 Å². The summed E-state index contributed by atoms with van der Waals surface area (Å²) in [5.41, 5.74) is 4.13. The van der Waals surface area contributed by atoms with E-state index in [1.165, 1.54) is 5.69 Å². The molecule has 37 heavy (non-hydrogen) atoms. The van der Waals surface area contributed by atoms with Gasteiger partial charge in [-0.25, -0.2) is 13.4 Å². The average Bonchev–Trinajstić information content (AvgIpc) is 3.27. The molecule has 1 aliphatic rings. The van der Waals surface area contributed by atoms with Gasteiger partial charge in [0.25, 0.3) is 0 Å². The summed E-state index contributed by atoms with van der Waals surface area (Å²) in [5.74, 6) is 0.493. The molecule has 2 aromatic heterocycles. The molecule has 3 heterocycles. The van der Waals surface area contributed by atoms with Crippen molar-refractivity contribution in [3.05, 3.63) is 67.0 Å². The molecule has 1 saturated heterocycles. The van der Waals surface area contributed by atoms with Crippen molar-refractivity contribution in [3.8, 4) is 5.69 Å². The maximum atomic E-state index is 12.6. The molecule has 0 spiro atoms. The molecule has 4 aromatic rings. The molecule has 1 aliphatic heterocycles. The molecular formula is C27H33N7O2S. The summed E-state index contributed by atoms with van der Waals surface area (Å²) in [7, 11) is -1.38. The Hall–Kier alpha value is -3.63. The number of nitrogens with one attached hydrogen (secondary N) is 2. The molecule has 0 saturated carbocycles. The second kappa shape index (κ2) is 9.68. The van der Waals surface area contributed by atoms with Crippen LogP contribution in [0, 0.1) is 0 Å². The summed E-state index contributed by atoms with van der Waals surface area (Å²) in [6.07, 6.45) is 3.70. The van der Waals surface area contributed by atoms with E-state index in [-0.39, 0.29) is 0 Å². The molecule has 0 bridgehead atoms. The molecule has 0 aliphatic carbocycles. The fraction of sp³-hybridized carbons (Fsp3) is 0.333. The summed E-state index contributed by atoms with van der Waals surface area (Å²) >= 11 is 0. The van der Waals surface area contributed by atoms with Gasteiger partial charge >= 0.3 is 0 Å². The Bertz CT molecular complexity index is 1520. The van der Waals surface area contributed by atoms with E-state index in [2.05, 4.69) is 44.0 Å². The van der Waals surface area contributed by atoms with E-state index in [0.717, 1.165) is 48.6 Å². The second-order valence-corrected chi connectivity index (χ2v) is 12.8. The lowest BCUT2D eigenvalue weighted by molar-refractivity contribution is 0.313. The number of hydrogen-bond acceptors (Lipinski definition) is 7. The van der Waals surface area contributed by atoms with Crippen LogP contribution in [0.2, 0.25) is 0 Å². The number of piperazine rings is 1. The zero-order valence-corrected chi connectivity index (χ0v) is 22.5. The first-order valence-corrected chi connectivity index (χ1v) is 13.8. The van der Waals surface area contributed by atoms with Crippen molar-refractivity contribution in [1.82, 2.24) is 19.4 Å². The van der Waals surface area contributed by atoms with Crippen LogP contribution < -0.4 is 14.9 Å². The Kier molecular flexibility index (Phi) is 6.55. The minimum absolute atomic E-state index is 0.493. The Labute approximate surface area is 218 Å². The van der Waals surface area contributed by atoms with Crippen molar-refractivity contribution in [3.63, 3.8) is 0 Å². The number of benzene rings is 2. The molecule has 0 radical (unpaired) electrons. The van der Waals surface area contributed by atoms with Gasteiger partial charge < -0.3 is 19.7 Å². The molecule has 5 rings (SSSR count). The van der Waals surface area contributed by atoms with Crippen LogP contribution in [0.1, 0.15) is 20.8 Å². The van der Waals surface area contributed by atoms with Crippen LogP contribution in [-0.2, 0) is 10.0 Å². The van der Waals surface area contributed by atoms with E-state index < -0.39 is 14.8 Å². The van der Waals surface area contributed by atoms with Crippen LogP contribution in [-0.4, -0.2) is 65.8 Å². The highest BCUT2D eigenvalue weighted by Gasteiger charge is 2.29. The van der Waals surface area contributed by atoms with Gasteiger partial charge in [-0.15, -0.1) is 0 Å². The maximum Gasteiger partial charge on any atom is 0.237 e. The molecule has 10 heteroatoms. The topological polar surface area (TPSA) is 95.4 Å². The highest BCUT2D eigenvalue weighted by atomic mass is 32.2. The van der Waals surface area contributed by atoms with E-state index in [1.807, 2.05) is 41.1 Å². The van der Waals surface area contributed by atoms with Crippen LogP contribution in [0.3, 0.4) is 0 Å². The largest absolute Gasteiger partial charge is 0.369 e. The van der Waals surface area contributed by atoms with E-state index in [9.17, 15) is 8.42 Å². The predicted molar refractivity (Wildman–Crippen MR) is 151 cm³/mol. The van der Waals surface area contributed by atoms with Crippen LogP contribution in [0.4, 0.5) is 23.0 Å². The van der Waals surface area contributed by atoms with E-state index in [0.29, 0.717) is 11.6 Å². The van der Waals surface area contributed by atoms with Gasteiger partial charge in [-0.2, -0.15) is 4.98 Å². The van der Waals surface area contributed by atoms with Gasteiger partial charge in [0, 0.05) is 61.0 Å². The highest BCUT2D eigenvalue weighted by molar-refractivity contribution is 7.94. The van der Waals surface area contributed by atoms with Crippen LogP contribution in [0.25, 0.3) is 16.7 Å². The average molecular weight is 520 g/mol. The third-order valence-electron chi connectivity index (χ3n) is 6.58. The Morgan fingerprint density at radius 2 is 1.57 bits per heavy atom. The first-order valence-electron chi connectivity index (χ1n) is 12.4. The number of anilines is 4. The molecule has 0 unspecified atom stereocenters. The van der Waals surface area contributed by atoms with Crippen LogP contribution in [0.15, 0.2) is 67.0 Å². The number of rotatable bonds is 6. The molecular weight excluding hydrogens is 486 g/mol. The molecule has 2 N–H and O–H groups in total. The number of hydrogen-bond donors (Lipinski definition) is 2. The molecule has 2 aromatic carbocycles. The lowest BCUT2D eigenvalue weighted by Crippen LogP contribution is -2.44. The maximum absolute atomic E-state index is 12.6. The quantitative estimate of drug-likeness (QED) is 0.388. The molecule has 0 amide bonds. The van der Waals surface area contributed by atoms with Crippen molar-refractivity contribution < 1.29 is 8.42 Å². The number of likely N-dealkylation sites (N-methyl/N-ethyl adjacent to an activating group) is 1. The van der Waals surface area contributed by atoms with Crippen LogP contribution in [0.5, 0.6) is 0 Å². The Balaban J connectivity index is 1.40. The monoisotopic (exact) mass is 519 g/mol. The first-order chi connectivity index (χ1) is 17.6. The minimum atomic E-state index is -3.54. The Morgan fingerprint density at radius 3 is 2.30 bits per heavy atom. The van der Waals surface area contributed by atoms with Crippen molar-refractivity contribution in [2.75, 3.05) is 48.2 Å². The van der Waals surface area contributed by atoms with Crippen molar-refractivity contribution in [2.24, 2.45) is 0 Å². The predicted octanol–water partition coefficient (Wildman–Crippen LogP) is 4.46. The fourth-order valence-corrected chi connectivity index (χ4v) is 4.93. The zero-order valence-electron chi connectivity index (χ0n) is 21.6. The first kappa shape index (κ1) is 25.0. The summed E-state index contributed by atoms with van der Waals surface area (Å²) in [4.78, 5) is 14.0. The number of aromatic nitrogens is 3. The fourth-order valence-electron chi connectivity index (χ4n) is 4.19. The van der Waals surface area contributed by atoms with Gasteiger partial charge in [0.15, 0.2) is 0 Å². The number of nitrogens with zero attached hydrogens (tertiary/aromatic N) is 5. The van der Waals surface area contributed by atoms with Crippen LogP contribution >= 0.6 is 0 Å². The van der Waals surface area contributed by atoms with Gasteiger partial charge in [0.2, 0.25) is 16.0 Å². The minimum Gasteiger partial charge on any atom is -0.369 e. The summed E-state index contributed by atoms with van der Waals surface area (Å²) < 4.78 is 29.0. The SMILES string of the molecule is CN1CCN(c2cccc(Nc3ncc4ccn(-c5cccc(NS(=O)(=O)C(C)(C)C)c5)c4n3)c2)CC1. The standard InChI is InChI=1S/C27H33N7O2S/c1-27(2,3)37(35,36)31-22-8-6-10-24(18-22)34-12-11-20-19-28-26(30-25(20)34)29-21-7-5-9-23(17-21)33-15-13-32(4)14-16-33/h5-12,17-19,31H,13-16H2,1-4H3,(H,28,29,30). The highest BCUT2D eigenvalue weighted by Crippen LogP contribution is 2.26. The van der Waals surface area contributed by atoms with Gasteiger partial charge in [0.05, 0.1) is 10.4 Å². The molecule has 194 valence electrons. The van der Waals surface area contributed by atoms with Gasteiger partial charge in [-0.1, -0.05) is 12.1 Å². The van der Waals surface area contributed by atoms with Gasteiger partial charge in [-0.05, 0) is 70.3 Å². The van der Waals surface area contributed by atoms with E-state index >= 15 is 0 Å². The summed E-state index contributed by atoms with van der Waals surface area (Å²) in [6, 6.07) is 17.5. The normalized spacial score (nSPS) is 15.2. The molecule has 9 nitrogen and oxygen atoms in total. The molecule has 1 fully saturated rings. The van der Waals surface area contributed by atoms with Crippen molar-refractivity contribution >= 4 is 44.1 Å².